The largest absolute Gasteiger partial charge is 0.394 e. The van der Waals surface area contributed by atoms with Gasteiger partial charge in [0.05, 0.1) is 18.8 Å². The predicted molar refractivity (Wildman–Crippen MR) is 147 cm³/mol. The van der Waals surface area contributed by atoms with Crippen LogP contribution in [0.25, 0.3) is 0 Å². The Labute approximate surface area is 216 Å². The number of rotatable bonds is 18. The molecule has 0 unspecified atom stereocenters. The summed E-state index contributed by atoms with van der Waals surface area (Å²) in [5.41, 5.74) is 0.776. The Bertz CT molecular complexity index is 763. The summed E-state index contributed by atoms with van der Waals surface area (Å²) in [6.45, 7) is 5.43. The number of aryl methyl sites for hydroxylation is 1. The Balaban J connectivity index is 0.000000867. The van der Waals surface area contributed by atoms with E-state index in [-0.39, 0.29) is 18.1 Å². The molecule has 1 heterocycles. The molecule has 0 aliphatic rings. The van der Waals surface area contributed by atoms with Crippen LogP contribution in [0.1, 0.15) is 110 Å². The second-order valence-corrected chi connectivity index (χ2v) is 9.50. The molecule has 0 aliphatic carbocycles. The molecule has 0 saturated heterocycles. The Morgan fingerprint density at radius 2 is 1.57 bits per heavy atom. The van der Waals surface area contributed by atoms with E-state index in [9.17, 15) is 14.7 Å². The minimum atomic E-state index is -0.827. The zero-order chi connectivity index (χ0) is 26.3. The van der Waals surface area contributed by atoms with Crippen molar-refractivity contribution in [3.05, 3.63) is 39.0 Å². The second kappa shape index (κ2) is 22.7. The van der Waals surface area contributed by atoms with Gasteiger partial charge in [-0.1, -0.05) is 96.6 Å². The molecule has 0 aliphatic heterocycles. The van der Waals surface area contributed by atoms with Gasteiger partial charge in [0.25, 0.3) is 5.56 Å². The van der Waals surface area contributed by atoms with Gasteiger partial charge in [-0.2, -0.15) is 0 Å². The molecule has 0 fully saturated rings. The number of amides is 1. The normalized spacial score (nSPS) is 12.7. The molecule has 2 atom stereocenters. The molecule has 0 saturated carbocycles. The summed E-state index contributed by atoms with van der Waals surface area (Å²) in [5.74, 6) is -0.244. The van der Waals surface area contributed by atoms with Crippen molar-refractivity contribution in [2.75, 3.05) is 6.61 Å². The molecular weight excluding hydrogens is 462 g/mol. The predicted octanol–water partition coefficient (Wildman–Crippen LogP) is 5.49. The van der Waals surface area contributed by atoms with E-state index in [2.05, 4.69) is 29.1 Å². The smallest absolute Gasteiger partial charge is 0.251 e. The SMILES string of the molecule is CCCCCCCCCCCCC/C=C/[C@@H](O)[C@H](CO)NC(C)=O.CCCc1cc(=O)[nH]c(=S)[nH]1. The highest BCUT2D eigenvalue weighted by atomic mass is 32.1. The molecular formula is C27H49N3O4S. The number of aromatic nitrogens is 2. The molecule has 0 spiro atoms. The first-order valence-electron chi connectivity index (χ1n) is 13.4. The van der Waals surface area contributed by atoms with Crippen LogP contribution in [0.15, 0.2) is 23.0 Å². The van der Waals surface area contributed by atoms with Crippen LogP contribution in [-0.2, 0) is 11.2 Å². The van der Waals surface area contributed by atoms with Gasteiger partial charge in [0.15, 0.2) is 4.77 Å². The summed E-state index contributed by atoms with van der Waals surface area (Å²) in [6.07, 6.45) is 20.2. The van der Waals surface area contributed by atoms with Crippen molar-refractivity contribution >= 4 is 18.1 Å². The third-order valence-electron chi connectivity index (χ3n) is 5.64. The van der Waals surface area contributed by atoms with Crippen molar-refractivity contribution in [2.24, 2.45) is 0 Å². The summed E-state index contributed by atoms with van der Waals surface area (Å²) in [7, 11) is 0. The quantitative estimate of drug-likeness (QED) is 0.101. The number of aromatic amines is 2. The summed E-state index contributed by atoms with van der Waals surface area (Å²) in [6, 6.07) is 0.926. The number of H-pyrrole nitrogens is 2. The van der Waals surface area contributed by atoms with Crippen LogP contribution in [-0.4, -0.2) is 44.8 Å². The third kappa shape index (κ3) is 20.2. The third-order valence-corrected chi connectivity index (χ3v) is 5.84. The van der Waals surface area contributed by atoms with Crippen molar-refractivity contribution in [2.45, 2.75) is 123 Å². The lowest BCUT2D eigenvalue weighted by Gasteiger charge is -2.18. The molecule has 35 heavy (non-hydrogen) atoms. The minimum absolute atomic E-state index is 0.128. The topological polar surface area (TPSA) is 118 Å². The number of hydrogen-bond acceptors (Lipinski definition) is 5. The fourth-order valence-electron chi connectivity index (χ4n) is 3.72. The van der Waals surface area contributed by atoms with E-state index in [0.717, 1.165) is 31.4 Å². The maximum absolute atomic E-state index is 10.9. The number of carbonyl (C=O) groups is 1. The van der Waals surface area contributed by atoms with Crippen LogP contribution in [0.4, 0.5) is 0 Å². The standard InChI is InChI=1S/C20H39NO3.C7H10N2OS/c1-3-4-5-6-7-8-9-10-11-12-13-14-15-16-20(24)19(17-22)21-18(2)23;1-2-3-5-4-6(10)9-7(11)8-5/h15-16,19-20,22,24H,3-14,17H2,1-2H3,(H,21,23);4H,2-3H2,1H3,(H2,8,9,10,11)/b16-15+;/t19-,20+;/m0./s1. The molecule has 7 nitrogen and oxygen atoms in total. The van der Waals surface area contributed by atoms with Gasteiger partial charge in [0, 0.05) is 18.7 Å². The maximum Gasteiger partial charge on any atom is 0.251 e. The zero-order valence-electron chi connectivity index (χ0n) is 22.1. The van der Waals surface area contributed by atoms with Gasteiger partial charge in [-0.15, -0.1) is 0 Å². The Morgan fingerprint density at radius 1 is 1.00 bits per heavy atom. The van der Waals surface area contributed by atoms with Crippen LogP contribution in [0.2, 0.25) is 0 Å². The van der Waals surface area contributed by atoms with Crippen molar-refractivity contribution < 1.29 is 15.0 Å². The van der Waals surface area contributed by atoms with Gasteiger partial charge >= 0.3 is 0 Å². The van der Waals surface area contributed by atoms with Crippen LogP contribution >= 0.6 is 12.2 Å². The highest BCUT2D eigenvalue weighted by molar-refractivity contribution is 7.71. The first-order chi connectivity index (χ1) is 16.8. The average Bonchev–Trinajstić information content (AvgIpc) is 2.80. The molecule has 0 radical (unpaired) electrons. The first kappa shape index (κ1) is 33.2. The number of allylic oxidation sites excluding steroid dienone is 1. The molecule has 8 heteroatoms. The van der Waals surface area contributed by atoms with Gasteiger partial charge in [0.2, 0.25) is 5.91 Å². The molecule has 1 rings (SSSR count). The fraction of sp³-hybridized carbons (Fsp3) is 0.741. The van der Waals surface area contributed by atoms with E-state index in [0.29, 0.717) is 4.77 Å². The lowest BCUT2D eigenvalue weighted by Crippen LogP contribution is -2.44. The minimum Gasteiger partial charge on any atom is -0.394 e. The van der Waals surface area contributed by atoms with Crippen LogP contribution < -0.4 is 10.9 Å². The molecule has 1 amide bonds. The lowest BCUT2D eigenvalue weighted by molar-refractivity contribution is -0.120. The van der Waals surface area contributed by atoms with E-state index < -0.39 is 12.1 Å². The summed E-state index contributed by atoms with van der Waals surface area (Å²) in [5, 5.41) is 21.5. The molecule has 1 aromatic rings. The number of aliphatic hydroxyl groups excluding tert-OH is 2. The van der Waals surface area contributed by atoms with Crippen LogP contribution in [0.3, 0.4) is 0 Å². The molecule has 0 aromatic carbocycles. The Hall–Kier alpha value is -1.77. The van der Waals surface area contributed by atoms with E-state index in [1.54, 1.807) is 12.1 Å². The van der Waals surface area contributed by atoms with Gasteiger partial charge in [-0.3, -0.25) is 14.6 Å². The number of aliphatic hydroxyl groups is 2. The van der Waals surface area contributed by atoms with E-state index in [1.807, 2.05) is 6.08 Å². The average molecular weight is 512 g/mol. The van der Waals surface area contributed by atoms with Crippen molar-refractivity contribution in [1.29, 1.82) is 0 Å². The van der Waals surface area contributed by atoms with Crippen LogP contribution in [0.5, 0.6) is 0 Å². The maximum atomic E-state index is 10.9. The summed E-state index contributed by atoms with van der Waals surface area (Å²) in [4.78, 5) is 27.2. The van der Waals surface area contributed by atoms with Crippen molar-refractivity contribution in [3.8, 4) is 0 Å². The zero-order valence-corrected chi connectivity index (χ0v) is 22.9. The fourth-order valence-corrected chi connectivity index (χ4v) is 3.95. The number of carbonyl (C=O) groups excluding carboxylic acids is 1. The number of hydrogen-bond donors (Lipinski definition) is 5. The van der Waals surface area contributed by atoms with Crippen LogP contribution in [0, 0.1) is 4.77 Å². The van der Waals surface area contributed by atoms with Crippen molar-refractivity contribution in [1.82, 2.24) is 15.3 Å². The number of unbranched alkanes of at least 4 members (excludes halogenated alkanes) is 11. The van der Waals surface area contributed by atoms with Gasteiger partial charge in [0.1, 0.15) is 0 Å². The van der Waals surface area contributed by atoms with Gasteiger partial charge in [-0.25, -0.2) is 0 Å². The van der Waals surface area contributed by atoms with E-state index in [1.165, 1.54) is 71.1 Å². The highest BCUT2D eigenvalue weighted by Gasteiger charge is 2.15. The molecule has 1 aromatic heterocycles. The van der Waals surface area contributed by atoms with Crippen molar-refractivity contribution in [3.63, 3.8) is 0 Å². The van der Waals surface area contributed by atoms with E-state index >= 15 is 0 Å². The van der Waals surface area contributed by atoms with Gasteiger partial charge < -0.3 is 20.5 Å². The molecule has 202 valence electrons. The monoisotopic (exact) mass is 511 g/mol. The number of nitrogens with one attached hydrogen (secondary N) is 3. The summed E-state index contributed by atoms with van der Waals surface area (Å²) < 4.78 is 0.404. The lowest BCUT2D eigenvalue weighted by atomic mass is 10.0. The van der Waals surface area contributed by atoms with E-state index in [4.69, 9.17) is 17.3 Å². The Kier molecular flexibility index (Phi) is 21.5. The highest BCUT2D eigenvalue weighted by Crippen LogP contribution is 2.12. The first-order valence-corrected chi connectivity index (χ1v) is 13.8. The second-order valence-electron chi connectivity index (χ2n) is 9.10. The molecule has 0 bridgehead atoms. The summed E-state index contributed by atoms with van der Waals surface area (Å²) >= 11 is 4.79. The Morgan fingerprint density at radius 3 is 2.06 bits per heavy atom. The van der Waals surface area contributed by atoms with Gasteiger partial charge in [-0.05, 0) is 31.5 Å². The molecule has 5 N–H and O–H groups in total.